The third kappa shape index (κ3) is 2.73. The van der Waals surface area contributed by atoms with Gasteiger partial charge in [0.25, 0.3) is 0 Å². The van der Waals surface area contributed by atoms with Gasteiger partial charge in [-0.3, -0.25) is 0 Å². The summed E-state index contributed by atoms with van der Waals surface area (Å²) in [6, 6.07) is 7.08. The van der Waals surface area contributed by atoms with Crippen molar-refractivity contribution in [2.24, 2.45) is 0 Å². The molecule has 1 aromatic carbocycles. The molecule has 1 atom stereocenters. The van der Waals surface area contributed by atoms with Crippen LogP contribution in [-0.4, -0.2) is 34.3 Å². The van der Waals surface area contributed by atoms with Crippen molar-refractivity contribution in [2.75, 3.05) is 13.1 Å². The number of carbonyl (C=O) groups is 1. The van der Waals surface area contributed by atoms with Gasteiger partial charge in [0.15, 0.2) is 0 Å². The van der Waals surface area contributed by atoms with Crippen molar-refractivity contribution in [2.45, 2.75) is 19.4 Å². The number of nitrogens with zero attached hydrogens (tertiary/aromatic N) is 1. The Balaban J connectivity index is 2.20. The van der Waals surface area contributed by atoms with Gasteiger partial charge in [-0.05, 0) is 30.4 Å². The molecule has 0 spiro atoms. The summed E-state index contributed by atoms with van der Waals surface area (Å²) in [6.45, 7) is 2.19. The second kappa shape index (κ2) is 5.89. The second-order valence-corrected chi connectivity index (χ2v) is 5.56. The zero-order valence-electron chi connectivity index (χ0n) is 12.7. The molecule has 0 aliphatic carbocycles. The van der Waals surface area contributed by atoms with Crippen molar-refractivity contribution in [3.8, 4) is 0 Å². The van der Waals surface area contributed by atoms with Crippen molar-refractivity contribution in [3.63, 3.8) is 0 Å². The molecular weight excluding hydrogens is 298 g/mol. The Morgan fingerprint density at radius 3 is 2.57 bits per heavy atom. The van der Waals surface area contributed by atoms with E-state index in [-0.39, 0.29) is 12.3 Å². The smallest absolute Gasteiger partial charge is 0.407 e. The van der Waals surface area contributed by atoms with Crippen LogP contribution >= 0.6 is 0 Å². The molecule has 23 heavy (non-hydrogen) atoms. The maximum absolute atomic E-state index is 12.1. The number of hydrogen-bond acceptors (Lipinski definition) is 4. The first-order chi connectivity index (χ1) is 11.0. The summed E-state index contributed by atoms with van der Waals surface area (Å²) >= 11 is 0. The fourth-order valence-corrected chi connectivity index (χ4v) is 2.91. The van der Waals surface area contributed by atoms with Crippen LogP contribution in [0.15, 0.2) is 39.6 Å². The number of aliphatic hydroxyl groups excluding tert-OH is 1. The second-order valence-electron chi connectivity index (χ2n) is 5.56. The highest BCUT2D eigenvalue weighted by Gasteiger charge is 2.23. The van der Waals surface area contributed by atoms with Crippen LogP contribution in [0.1, 0.15) is 30.8 Å². The highest BCUT2D eigenvalue weighted by molar-refractivity contribution is 5.94. The molecule has 0 radical (unpaired) electrons. The van der Waals surface area contributed by atoms with Crippen LogP contribution in [0.4, 0.5) is 4.79 Å². The van der Waals surface area contributed by atoms with Gasteiger partial charge in [-0.1, -0.05) is 24.3 Å². The summed E-state index contributed by atoms with van der Waals surface area (Å²) in [4.78, 5) is 24.4. The molecule has 120 valence electrons. The Kier molecular flexibility index (Phi) is 3.92. The molecule has 1 aliphatic heterocycles. The Labute approximate surface area is 132 Å². The van der Waals surface area contributed by atoms with E-state index in [4.69, 9.17) is 9.52 Å². The van der Waals surface area contributed by atoms with Gasteiger partial charge >= 0.3 is 11.7 Å². The molecule has 1 unspecified atom stereocenters. The molecule has 0 fully saturated rings. The summed E-state index contributed by atoms with van der Waals surface area (Å²) in [6.07, 6.45) is 0.427. The molecule has 6 nitrogen and oxygen atoms in total. The number of hydrogen-bond donors (Lipinski definition) is 2. The van der Waals surface area contributed by atoms with Crippen LogP contribution in [0.25, 0.3) is 16.3 Å². The zero-order chi connectivity index (χ0) is 16.6. The lowest BCUT2D eigenvalue weighted by molar-refractivity contribution is 0.150. The van der Waals surface area contributed by atoms with E-state index in [0.29, 0.717) is 23.9 Å². The van der Waals surface area contributed by atoms with E-state index < -0.39 is 17.8 Å². The fourth-order valence-electron chi connectivity index (χ4n) is 2.91. The van der Waals surface area contributed by atoms with Gasteiger partial charge in [-0.25, -0.2) is 9.59 Å². The van der Waals surface area contributed by atoms with E-state index in [2.05, 4.69) is 0 Å². The van der Waals surface area contributed by atoms with E-state index in [1.165, 1.54) is 4.90 Å². The summed E-state index contributed by atoms with van der Waals surface area (Å²) in [5.41, 5.74) is 1.10. The Hall–Kier alpha value is -2.60. The maximum Gasteiger partial charge on any atom is 0.407 e. The highest BCUT2D eigenvalue weighted by Crippen LogP contribution is 2.33. The molecule has 6 heteroatoms. The summed E-state index contributed by atoms with van der Waals surface area (Å²) in [7, 11) is 0. The van der Waals surface area contributed by atoms with Crippen LogP contribution in [0.5, 0.6) is 0 Å². The molecule has 1 amide bonds. The average molecular weight is 315 g/mol. The normalized spacial score (nSPS) is 16.3. The molecule has 2 aromatic rings. The highest BCUT2D eigenvalue weighted by atomic mass is 16.4. The van der Waals surface area contributed by atoms with E-state index in [1.54, 1.807) is 19.1 Å². The Morgan fingerprint density at radius 1 is 1.30 bits per heavy atom. The van der Waals surface area contributed by atoms with Crippen LogP contribution in [0.2, 0.25) is 0 Å². The van der Waals surface area contributed by atoms with Gasteiger partial charge in [0.1, 0.15) is 11.9 Å². The zero-order valence-corrected chi connectivity index (χ0v) is 12.7. The van der Waals surface area contributed by atoms with Crippen LogP contribution in [0.3, 0.4) is 0 Å². The number of benzene rings is 1. The lowest BCUT2D eigenvalue weighted by Gasteiger charge is -2.25. The van der Waals surface area contributed by atoms with Gasteiger partial charge in [0, 0.05) is 18.7 Å². The average Bonchev–Trinajstić information content (AvgIpc) is 2.55. The summed E-state index contributed by atoms with van der Waals surface area (Å²) in [5, 5.41) is 20.2. The third-order valence-corrected chi connectivity index (χ3v) is 4.05. The minimum Gasteiger partial charge on any atom is -0.465 e. The summed E-state index contributed by atoms with van der Waals surface area (Å²) < 4.78 is 5.33. The lowest BCUT2D eigenvalue weighted by atomic mass is 9.93. The molecule has 1 aromatic heterocycles. The van der Waals surface area contributed by atoms with Gasteiger partial charge in [0.2, 0.25) is 0 Å². The quantitative estimate of drug-likeness (QED) is 0.889. The third-order valence-electron chi connectivity index (χ3n) is 4.05. The van der Waals surface area contributed by atoms with E-state index >= 15 is 0 Å². The first-order valence-electron chi connectivity index (χ1n) is 7.40. The van der Waals surface area contributed by atoms with Crippen molar-refractivity contribution in [1.29, 1.82) is 0 Å². The van der Waals surface area contributed by atoms with E-state index in [1.807, 2.05) is 18.2 Å². The van der Waals surface area contributed by atoms with Gasteiger partial charge in [0.05, 0.1) is 5.39 Å². The Bertz CT molecular complexity index is 850. The van der Waals surface area contributed by atoms with Crippen LogP contribution in [-0.2, 0) is 0 Å². The van der Waals surface area contributed by atoms with Gasteiger partial charge < -0.3 is 19.5 Å². The first-order valence-corrected chi connectivity index (χ1v) is 7.40. The predicted molar refractivity (Wildman–Crippen MR) is 85.3 cm³/mol. The van der Waals surface area contributed by atoms with Gasteiger partial charge in [-0.2, -0.15) is 0 Å². The first kappa shape index (κ1) is 15.3. The van der Waals surface area contributed by atoms with E-state index in [9.17, 15) is 14.7 Å². The van der Waals surface area contributed by atoms with Crippen molar-refractivity contribution in [3.05, 3.63) is 52.1 Å². The molecule has 0 saturated carbocycles. The van der Waals surface area contributed by atoms with Crippen LogP contribution < -0.4 is 5.63 Å². The largest absolute Gasteiger partial charge is 0.465 e. The number of aliphatic hydroxyl groups is 1. The summed E-state index contributed by atoms with van der Waals surface area (Å²) in [5.74, 6) is 0.226. The lowest BCUT2D eigenvalue weighted by Crippen LogP contribution is -2.33. The molecule has 3 rings (SSSR count). The van der Waals surface area contributed by atoms with Crippen molar-refractivity contribution < 1.29 is 19.4 Å². The number of carboxylic acid groups (broad SMARTS) is 1. The number of rotatable bonds is 2. The molecule has 0 bridgehead atoms. The van der Waals surface area contributed by atoms with E-state index in [0.717, 1.165) is 11.0 Å². The standard InChI is InChI=1S/C17H17NO5/c1-10(19)15-14(11-6-8-18(9-7-11)17(21)22)12-4-2-3-5-13(12)16(20)23-15/h2-6,10,19H,7-9H2,1H3,(H,21,22). The van der Waals surface area contributed by atoms with Crippen LogP contribution in [0, 0.1) is 0 Å². The van der Waals surface area contributed by atoms with Crippen molar-refractivity contribution in [1.82, 2.24) is 4.90 Å². The minimum absolute atomic E-state index is 0.226. The van der Waals surface area contributed by atoms with Crippen molar-refractivity contribution >= 4 is 22.4 Å². The number of amides is 1. The number of fused-ring (bicyclic) bond motifs is 1. The topological polar surface area (TPSA) is 91.0 Å². The SMILES string of the molecule is CC(O)c1oc(=O)c2ccccc2c1C1=CCN(C(=O)O)CC1. The Morgan fingerprint density at radius 2 is 2.00 bits per heavy atom. The molecular formula is C17H17NO5. The monoisotopic (exact) mass is 315 g/mol. The fraction of sp³-hybridized carbons (Fsp3) is 0.294. The van der Waals surface area contributed by atoms with Gasteiger partial charge in [-0.15, -0.1) is 0 Å². The molecule has 1 aliphatic rings. The molecule has 2 heterocycles. The molecule has 0 saturated heterocycles. The maximum atomic E-state index is 12.1. The predicted octanol–water partition coefficient (Wildman–Crippen LogP) is 2.61. The molecule has 2 N–H and O–H groups in total. The minimum atomic E-state index is -0.958.